The molecule has 0 heterocycles. The van der Waals surface area contributed by atoms with E-state index in [2.05, 4.69) is 27.7 Å². The van der Waals surface area contributed by atoms with Crippen LogP contribution in [0.25, 0.3) is 0 Å². The van der Waals surface area contributed by atoms with E-state index >= 15 is 0 Å². The second-order valence-corrected chi connectivity index (χ2v) is 9.93. The molecule has 0 rings (SSSR count). The second-order valence-electron chi connectivity index (χ2n) is 8.36. The first-order valence-corrected chi connectivity index (χ1v) is 13.8. The molecule has 0 aromatic rings. The number of ether oxygens (including phenoxy) is 5. The third-order valence-electron chi connectivity index (χ3n) is 5.25. The van der Waals surface area contributed by atoms with Gasteiger partial charge in [0, 0.05) is 19.8 Å². The summed E-state index contributed by atoms with van der Waals surface area (Å²) in [6.45, 7) is 13.2. The van der Waals surface area contributed by atoms with Crippen LogP contribution in [-0.2, 0) is 33.8 Å². The van der Waals surface area contributed by atoms with E-state index in [9.17, 15) is 8.42 Å². The minimum absolute atomic E-state index is 0.122. The van der Waals surface area contributed by atoms with E-state index in [0.717, 1.165) is 26.1 Å². The van der Waals surface area contributed by atoms with Crippen LogP contribution in [0.1, 0.15) is 66.2 Å². The fourth-order valence-corrected chi connectivity index (χ4v) is 3.35. The van der Waals surface area contributed by atoms with Gasteiger partial charge in [-0.2, -0.15) is 8.42 Å². The lowest BCUT2D eigenvalue weighted by molar-refractivity contribution is -0.0824. The lowest BCUT2D eigenvalue weighted by Gasteiger charge is -2.21. The van der Waals surface area contributed by atoms with Gasteiger partial charge in [0.05, 0.1) is 45.4 Å². The van der Waals surface area contributed by atoms with Gasteiger partial charge in [0.2, 0.25) is 0 Å². The van der Waals surface area contributed by atoms with E-state index < -0.39 is 10.1 Å². The van der Waals surface area contributed by atoms with Gasteiger partial charge in [-0.3, -0.25) is 4.55 Å². The first kappa shape index (κ1) is 31.7. The molecule has 1 N–H and O–H groups in total. The highest BCUT2D eigenvalue weighted by Gasteiger charge is 2.13. The van der Waals surface area contributed by atoms with Crippen LogP contribution in [0.5, 0.6) is 0 Å². The molecule has 0 saturated carbocycles. The smallest absolute Gasteiger partial charge is 0.264 e. The topological polar surface area (TPSA) is 101 Å². The summed E-state index contributed by atoms with van der Waals surface area (Å²) in [6.07, 6.45) is 6.00. The average molecular weight is 485 g/mol. The summed E-state index contributed by atoms with van der Waals surface area (Å²) in [6, 6.07) is 0. The van der Waals surface area contributed by atoms with Gasteiger partial charge < -0.3 is 23.7 Å². The first-order valence-electron chi connectivity index (χ1n) is 12.2. The molecule has 32 heavy (non-hydrogen) atoms. The Labute approximate surface area is 196 Å². The molecule has 0 fully saturated rings. The van der Waals surface area contributed by atoms with Crippen molar-refractivity contribution in [1.29, 1.82) is 0 Å². The summed E-state index contributed by atoms with van der Waals surface area (Å²) in [5.74, 6) is 0.829. The van der Waals surface area contributed by atoms with Crippen LogP contribution >= 0.6 is 0 Å². The highest BCUT2D eigenvalue weighted by atomic mass is 32.2. The Kier molecular flexibility index (Phi) is 21.1. The van der Waals surface area contributed by atoms with Crippen molar-refractivity contribution in [3.05, 3.63) is 0 Å². The molecule has 0 spiro atoms. The predicted molar refractivity (Wildman–Crippen MR) is 127 cm³/mol. The average Bonchev–Trinajstić information content (AvgIpc) is 2.75. The normalized spacial score (nSPS) is 15.0. The van der Waals surface area contributed by atoms with E-state index in [-0.39, 0.29) is 24.9 Å². The molecule has 194 valence electrons. The molecule has 9 heteroatoms. The first-order chi connectivity index (χ1) is 15.3. The third kappa shape index (κ3) is 21.6. The van der Waals surface area contributed by atoms with E-state index in [1.54, 1.807) is 0 Å². The fourth-order valence-electron chi connectivity index (χ4n) is 2.87. The van der Waals surface area contributed by atoms with Gasteiger partial charge in [-0.15, -0.1) is 0 Å². The van der Waals surface area contributed by atoms with Gasteiger partial charge in [0.15, 0.2) is 0 Å². The zero-order chi connectivity index (χ0) is 24.1. The van der Waals surface area contributed by atoms with Crippen molar-refractivity contribution in [2.45, 2.75) is 72.3 Å². The van der Waals surface area contributed by atoms with Crippen molar-refractivity contribution in [2.24, 2.45) is 11.8 Å². The number of rotatable bonds is 24. The van der Waals surface area contributed by atoms with E-state index in [4.69, 9.17) is 28.2 Å². The van der Waals surface area contributed by atoms with Gasteiger partial charge in [-0.1, -0.05) is 53.4 Å². The Bertz CT molecular complexity index is 500. The standard InChI is InChI=1S/C23H48O8S/c1-5-8-10-22(7-3)18-30-20-23(19-29-17-21(4)6-2)31-15-14-28-13-12-27-11-9-16-32(24,25)26/h21-23H,5-20H2,1-4H3,(H,24,25,26). The van der Waals surface area contributed by atoms with Crippen molar-refractivity contribution < 1.29 is 36.7 Å². The van der Waals surface area contributed by atoms with Crippen molar-refractivity contribution in [1.82, 2.24) is 0 Å². The molecule has 0 aromatic heterocycles. The maximum absolute atomic E-state index is 10.6. The molecule has 8 nitrogen and oxygen atoms in total. The molecule has 3 unspecified atom stereocenters. The quantitative estimate of drug-likeness (QED) is 0.162. The molecule has 0 aliphatic rings. The lowest BCUT2D eigenvalue weighted by atomic mass is 10.0. The van der Waals surface area contributed by atoms with Crippen LogP contribution in [0.3, 0.4) is 0 Å². The molecule has 0 amide bonds. The van der Waals surface area contributed by atoms with Gasteiger partial charge in [-0.05, 0) is 24.7 Å². The molecule has 0 saturated heterocycles. The van der Waals surface area contributed by atoms with Crippen LogP contribution in [0.2, 0.25) is 0 Å². The molecule has 3 atom stereocenters. The molecular weight excluding hydrogens is 436 g/mol. The molecule has 0 bridgehead atoms. The summed E-state index contributed by atoms with van der Waals surface area (Å²) in [7, 11) is -3.92. The molecule has 0 aliphatic carbocycles. The largest absolute Gasteiger partial charge is 0.379 e. The number of hydrogen-bond donors (Lipinski definition) is 1. The number of hydrogen-bond acceptors (Lipinski definition) is 7. The summed E-state index contributed by atoms with van der Waals surface area (Å²) in [4.78, 5) is 0. The van der Waals surface area contributed by atoms with Gasteiger partial charge in [0.25, 0.3) is 10.1 Å². The maximum Gasteiger partial charge on any atom is 0.264 e. The van der Waals surface area contributed by atoms with Crippen LogP contribution in [0.4, 0.5) is 0 Å². The fraction of sp³-hybridized carbons (Fsp3) is 1.00. The Morgan fingerprint density at radius 3 is 1.97 bits per heavy atom. The van der Waals surface area contributed by atoms with Crippen LogP contribution in [0.15, 0.2) is 0 Å². The molecule has 0 aromatic carbocycles. The van der Waals surface area contributed by atoms with E-state index in [1.165, 1.54) is 19.3 Å². The zero-order valence-corrected chi connectivity index (χ0v) is 21.6. The zero-order valence-electron chi connectivity index (χ0n) is 20.8. The minimum Gasteiger partial charge on any atom is -0.379 e. The second kappa shape index (κ2) is 21.3. The van der Waals surface area contributed by atoms with Crippen molar-refractivity contribution in [2.75, 3.05) is 65.2 Å². The Morgan fingerprint density at radius 1 is 0.750 bits per heavy atom. The molecular formula is C23H48O8S. The van der Waals surface area contributed by atoms with Crippen LogP contribution in [0, 0.1) is 11.8 Å². The minimum atomic E-state index is -3.92. The lowest BCUT2D eigenvalue weighted by Crippen LogP contribution is -2.29. The summed E-state index contributed by atoms with van der Waals surface area (Å²) in [5.41, 5.74) is 0. The summed E-state index contributed by atoms with van der Waals surface area (Å²) < 4.78 is 58.3. The van der Waals surface area contributed by atoms with Gasteiger partial charge >= 0.3 is 0 Å². The highest BCUT2D eigenvalue weighted by molar-refractivity contribution is 7.85. The van der Waals surface area contributed by atoms with Crippen molar-refractivity contribution >= 4 is 10.1 Å². The maximum atomic E-state index is 10.6. The molecule has 0 aliphatic heterocycles. The molecule has 0 radical (unpaired) electrons. The van der Waals surface area contributed by atoms with Crippen LogP contribution < -0.4 is 0 Å². The van der Waals surface area contributed by atoms with Gasteiger partial charge in [-0.25, -0.2) is 0 Å². The predicted octanol–water partition coefficient (Wildman–Crippen LogP) is 3.98. The van der Waals surface area contributed by atoms with Crippen molar-refractivity contribution in [3.63, 3.8) is 0 Å². The Morgan fingerprint density at radius 2 is 1.38 bits per heavy atom. The number of unbranched alkanes of at least 4 members (excludes halogenated alkanes) is 1. The van der Waals surface area contributed by atoms with Gasteiger partial charge in [0.1, 0.15) is 6.10 Å². The SMILES string of the molecule is CCCCC(CC)COCC(COCC(C)CC)OCCOCCOCCCS(=O)(=O)O. The van der Waals surface area contributed by atoms with E-state index in [1.807, 2.05) is 0 Å². The summed E-state index contributed by atoms with van der Waals surface area (Å²) >= 11 is 0. The summed E-state index contributed by atoms with van der Waals surface area (Å²) in [5, 5.41) is 0. The van der Waals surface area contributed by atoms with E-state index in [0.29, 0.717) is 51.5 Å². The Hall–Kier alpha value is -0.290. The monoisotopic (exact) mass is 484 g/mol. The van der Waals surface area contributed by atoms with Crippen molar-refractivity contribution in [3.8, 4) is 0 Å². The highest BCUT2D eigenvalue weighted by Crippen LogP contribution is 2.13. The van der Waals surface area contributed by atoms with Crippen LogP contribution in [-0.4, -0.2) is 84.3 Å². The third-order valence-corrected chi connectivity index (χ3v) is 6.05. The Balaban J connectivity index is 4.02.